The molecule has 0 aromatic carbocycles. The molecular weight excluding hydrogens is 322 g/mol. The second-order valence-corrected chi connectivity index (χ2v) is 7.99. The maximum Gasteiger partial charge on any atom is 0.264 e. The fraction of sp³-hybridized carbons (Fsp3) is 0.667. The Morgan fingerprint density at radius 2 is 1.92 bits per heavy atom. The molecule has 0 bridgehead atoms. The summed E-state index contributed by atoms with van der Waals surface area (Å²) in [5.74, 6) is 0.172. The predicted molar refractivity (Wildman–Crippen MR) is 96.6 cm³/mol. The lowest BCUT2D eigenvalue weighted by atomic mass is 10.1. The Balaban J connectivity index is 1.72. The second-order valence-electron chi connectivity index (χ2n) is 6.86. The van der Waals surface area contributed by atoms with E-state index in [-0.39, 0.29) is 17.9 Å². The second kappa shape index (κ2) is 7.23. The number of hydrogen-bond donors (Lipinski definition) is 0. The molecule has 2 saturated heterocycles. The minimum absolute atomic E-state index is 0.0350. The van der Waals surface area contributed by atoms with Gasteiger partial charge in [-0.2, -0.15) is 0 Å². The highest BCUT2D eigenvalue weighted by atomic mass is 32.1. The van der Waals surface area contributed by atoms with E-state index >= 15 is 0 Å². The summed E-state index contributed by atoms with van der Waals surface area (Å²) >= 11 is 1.58. The van der Waals surface area contributed by atoms with E-state index in [0.29, 0.717) is 6.54 Å². The van der Waals surface area contributed by atoms with Crippen LogP contribution in [0.5, 0.6) is 0 Å². The van der Waals surface area contributed by atoms with E-state index in [1.807, 2.05) is 15.9 Å². The van der Waals surface area contributed by atoms with Crippen LogP contribution in [-0.4, -0.2) is 72.3 Å². The van der Waals surface area contributed by atoms with Gasteiger partial charge in [-0.25, -0.2) is 0 Å². The molecule has 5 nitrogen and oxygen atoms in total. The van der Waals surface area contributed by atoms with Crippen molar-refractivity contribution in [1.29, 1.82) is 0 Å². The number of nitrogens with zero attached hydrogens (tertiary/aromatic N) is 3. The SMILES string of the molecule is CCc1sc(C(=O)N2CCC[C@H]2C(=O)N2CCN(C)CC2)cc1C. The summed E-state index contributed by atoms with van der Waals surface area (Å²) in [6, 6.07) is 1.72. The third-order valence-electron chi connectivity index (χ3n) is 5.17. The smallest absolute Gasteiger partial charge is 0.264 e. The van der Waals surface area contributed by atoms with E-state index in [4.69, 9.17) is 0 Å². The molecule has 2 fully saturated rings. The van der Waals surface area contributed by atoms with E-state index in [1.165, 1.54) is 10.4 Å². The standard InChI is InChI=1S/C18H27N3O2S/c1-4-15-13(2)12-16(24-15)18(23)21-7-5-6-14(21)17(22)20-10-8-19(3)9-11-20/h12,14H,4-11H2,1-3H3/t14-/m0/s1. The number of amides is 2. The Morgan fingerprint density at radius 3 is 2.54 bits per heavy atom. The Bertz CT molecular complexity index is 620. The molecule has 0 aliphatic carbocycles. The number of likely N-dealkylation sites (N-methyl/N-ethyl adjacent to an activating group) is 1. The van der Waals surface area contributed by atoms with Crippen molar-refractivity contribution in [2.75, 3.05) is 39.8 Å². The molecule has 0 saturated carbocycles. The van der Waals surface area contributed by atoms with E-state index < -0.39 is 0 Å². The number of piperazine rings is 1. The molecule has 2 aliphatic heterocycles. The van der Waals surface area contributed by atoms with Crippen molar-refractivity contribution in [3.63, 3.8) is 0 Å². The number of thiophene rings is 1. The zero-order valence-corrected chi connectivity index (χ0v) is 15.7. The van der Waals surface area contributed by atoms with Gasteiger partial charge in [0.15, 0.2) is 0 Å². The number of hydrogen-bond acceptors (Lipinski definition) is 4. The lowest BCUT2D eigenvalue weighted by Crippen LogP contribution is -2.53. The molecule has 1 atom stereocenters. The van der Waals surface area contributed by atoms with Crippen molar-refractivity contribution in [3.8, 4) is 0 Å². The molecule has 1 aromatic heterocycles. The van der Waals surface area contributed by atoms with Crippen molar-refractivity contribution < 1.29 is 9.59 Å². The molecule has 1 aromatic rings. The van der Waals surface area contributed by atoms with E-state index in [9.17, 15) is 9.59 Å². The zero-order valence-electron chi connectivity index (χ0n) is 14.9. The third-order valence-corrected chi connectivity index (χ3v) is 6.54. The van der Waals surface area contributed by atoms with Gasteiger partial charge in [0.2, 0.25) is 5.91 Å². The fourth-order valence-corrected chi connectivity index (χ4v) is 4.69. The van der Waals surface area contributed by atoms with Crippen LogP contribution >= 0.6 is 11.3 Å². The molecule has 0 radical (unpaired) electrons. The Kier molecular flexibility index (Phi) is 5.25. The Morgan fingerprint density at radius 1 is 1.21 bits per heavy atom. The van der Waals surface area contributed by atoms with Crippen LogP contribution in [0.3, 0.4) is 0 Å². The molecule has 2 amide bonds. The van der Waals surface area contributed by atoms with Crippen LogP contribution in [0.4, 0.5) is 0 Å². The van der Waals surface area contributed by atoms with Gasteiger partial charge >= 0.3 is 0 Å². The van der Waals surface area contributed by atoms with Crippen molar-refractivity contribution in [2.45, 2.75) is 39.2 Å². The summed E-state index contributed by atoms with van der Waals surface area (Å²) in [6.45, 7) is 8.23. The summed E-state index contributed by atoms with van der Waals surface area (Å²) in [5, 5.41) is 0. The van der Waals surface area contributed by atoms with Crippen LogP contribution in [0.25, 0.3) is 0 Å². The monoisotopic (exact) mass is 349 g/mol. The van der Waals surface area contributed by atoms with Gasteiger partial charge in [-0.3, -0.25) is 9.59 Å². The van der Waals surface area contributed by atoms with Gasteiger partial charge in [0.25, 0.3) is 5.91 Å². The lowest BCUT2D eigenvalue weighted by Gasteiger charge is -2.35. The normalized spacial score (nSPS) is 22.2. The first-order valence-electron chi connectivity index (χ1n) is 8.89. The number of aryl methyl sites for hydroxylation is 2. The van der Waals surface area contributed by atoms with Gasteiger partial charge < -0.3 is 14.7 Å². The molecule has 132 valence electrons. The van der Waals surface area contributed by atoms with Crippen molar-refractivity contribution in [1.82, 2.24) is 14.7 Å². The molecule has 0 spiro atoms. The van der Waals surface area contributed by atoms with Gasteiger partial charge in [-0.1, -0.05) is 6.92 Å². The van der Waals surface area contributed by atoms with Crippen molar-refractivity contribution >= 4 is 23.2 Å². The van der Waals surface area contributed by atoms with Gasteiger partial charge in [-0.05, 0) is 44.9 Å². The zero-order chi connectivity index (χ0) is 17.3. The fourth-order valence-electron chi connectivity index (χ4n) is 3.62. The molecule has 6 heteroatoms. The molecule has 3 heterocycles. The number of carbonyl (C=O) groups excluding carboxylic acids is 2. The largest absolute Gasteiger partial charge is 0.338 e. The first-order valence-corrected chi connectivity index (χ1v) is 9.70. The summed E-state index contributed by atoms with van der Waals surface area (Å²) in [7, 11) is 2.08. The van der Waals surface area contributed by atoms with Crippen LogP contribution in [0, 0.1) is 6.92 Å². The predicted octanol–water partition coefficient (Wildman–Crippen LogP) is 2.00. The molecule has 0 unspecified atom stereocenters. The highest BCUT2D eigenvalue weighted by Gasteiger charge is 2.37. The highest BCUT2D eigenvalue weighted by molar-refractivity contribution is 7.14. The average molecular weight is 350 g/mol. The van der Waals surface area contributed by atoms with E-state index in [1.54, 1.807) is 11.3 Å². The third kappa shape index (κ3) is 3.35. The molecule has 0 N–H and O–H groups in total. The van der Waals surface area contributed by atoms with Crippen molar-refractivity contribution in [3.05, 3.63) is 21.4 Å². The Labute approximate surface area is 148 Å². The summed E-state index contributed by atoms with van der Waals surface area (Å²) in [5.41, 5.74) is 1.19. The van der Waals surface area contributed by atoms with Crippen molar-refractivity contribution in [2.24, 2.45) is 0 Å². The topological polar surface area (TPSA) is 43.9 Å². The molecule has 2 aliphatic rings. The summed E-state index contributed by atoms with van der Waals surface area (Å²) in [4.78, 5) is 33.9. The summed E-state index contributed by atoms with van der Waals surface area (Å²) in [6.07, 6.45) is 2.66. The van der Waals surface area contributed by atoms with Crippen LogP contribution in [0.1, 0.15) is 39.9 Å². The molecule has 24 heavy (non-hydrogen) atoms. The molecule has 3 rings (SSSR count). The van der Waals surface area contributed by atoms with Crippen LogP contribution < -0.4 is 0 Å². The highest BCUT2D eigenvalue weighted by Crippen LogP contribution is 2.28. The number of rotatable bonds is 3. The van der Waals surface area contributed by atoms with E-state index in [2.05, 4.69) is 25.8 Å². The summed E-state index contributed by atoms with van der Waals surface area (Å²) < 4.78 is 0. The maximum atomic E-state index is 12.9. The van der Waals surface area contributed by atoms with Gasteiger partial charge in [0, 0.05) is 37.6 Å². The number of carbonyl (C=O) groups is 2. The average Bonchev–Trinajstić information content (AvgIpc) is 3.20. The van der Waals surface area contributed by atoms with Crippen LogP contribution in [0.2, 0.25) is 0 Å². The van der Waals surface area contributed by atoms with Gasteiger partial charge in [0.1, 0.15) is 6.04 Å². The minimum Gasteiger partial charge on any atom is -0.338 e. The quantitative estimate of drug-likeness (QED) is 0.838. The minimum atomic E-state index is -0.270. The Hall–Kier alpha value is -1.40. The van der Waals surface area contributed by atoms with Gasteiger partial charge in [0.05, 0.1) is 4.88 Å². The van der Waals surface area contributed by atoms with Crippen LogP contribution in [0.15, 0.2) is 6.07 Å². The van der Waals surface area contributed by atoms with Gasteiger partial charge in [-0.15, -0.1) is 11.3 Å². The maximum absolute atomic E-state index is 12.9. The van der Waals surface area contributed by atoms with E-state index in [0.717, 1.165) is 50.3 Å². The lowest BCUT2D eigenvalue weighted by molar-refractivity contribution is -0.136. The van der Waals surface area contributed by atoms with Crippen LogP contribution in [-0.2, 0) is 11.2 Å². The molecular formula is C18H27N3O2S. The first kappa shape index (κ1) is 17.4. The first-order chi connectivity index (χ1) is 11.5. The number of likely N-dealkylation sites (tertiary alicyclic amines) is 1.